The molecule has 0 aliphatic rings. The predicted octanol–water partition coefficient (Wildman–Crippen LogP) is 4.10. The number of aromatic amines is 2. The maximum atomic E-state index is 14.0. The molecule has 3 N–H and O–H groups in total. The summed E-state index contributed by atoms with van der Waals surface area (Å²) in [4.78, 5) is 19.6. The van der Waals surface area contributed by atoms with Crippen molar-refractivity contribution in [1.82, 2.24) is 20.2 Å². The largest absolute Gasteiger partial charge is 0.339 e. The lowest BCUT2D eigenvalue weighted by Crippen LogP contribution is -2.13. The second-order valence-corrected chi connectivity index (χ2v) is 6.25. The molecule has 0 aliphatic carbocycles. The van der Waals surface area contributed by atoms with Crippen LogP contribution in [0.1, 0.15) is 21.7 Å². The van der Waals surface area contributed by atoms with E-state index in [4.69, 9.17) is 0 Å². The second-order valence-electron chi connectivity index (χ2n) is 6.25. The topological polar surface area (TPSA) is 86.5 Å². The number of anilines is 1. The van der Waals surface area contributed by atoms with Crippen molar-refractivity contribution in [3.8, 4) is 11.3 Å². The number of benzene rings is 1. The van der Waals surface area contributed by atoms with E-state index in [0.717, 1.165) is 17.3 Å². The Morgan fingerprint density at radius 3 is 2.67 bits per heavy atom. The summed E-state index contributed by atoms with van der Waals surface area (Å²) in [7, 11) is 0. The normalized spacial score (nSPS) is 11.1. The molecule has 0 fully saturated rings. The van der Waals surface area contributed by atoms with E-state index in [1.54, 1.807) is 12.1 Å². The molecule has 4 aromatic rings. The van der Waals surface area contributed by atoms with E-state index in [1.165, 1.54) is 18.3 Å². The van der Waals surface area contributed by atoms with E-state index in [9.17, 15) is 13.6 Å². The van der Waals surface area contributed by atoms with E-state index >= 15 is 0 Å². The van der Waals surface area contributed by atoms with Gasteiger partial charge in [0, 0.05) is 28.3 Å². The van der Waals surface area contributed by atoms with Crippen molar-refractivity contribution in [2.45, 2.75) is 13.8 Å². The van der Waals surface area contributed by atoms with Crippen LogP contribution >= 0.6 is 0 Å². The number of hydrogen-bond acceptors (Lipinski definition) is 3. The fraction of sp³-hybridized carbons (Fsp3) is 0.105. The first-order chi connectivity index (χ1) is 12.9. The molecule has 0 bridgehead atoms. The lowest BCUT2D eigenvalue weighted by atomic mass is 10.1. The Morgan fingerprint density at radius 1 is 1.15 bits per heavy atom. The van der Waals surface area contributed by atoms with Gasteiger partial charge in [-0.05, 0) is 38.1 Å². The molecule has 0 atom stereocenters. The summed E-state index contributed by atoms with van der Waals surface area (Å²) in [6.07, 6.45) is 1.50. The van der Waals surface area contributed by atoms with Gasteiger partial charge in [-0.25, -0.2) is 13.8 Å². The van der Waals surface area contributed by atoms with Crippen LogP contribution in [0.2, 0.25) is 0 Å². The Morgan fingerprint density at radius 2 is 1.96 bits per heavy atom. The van der Waals surface area contributed by atoms with Crippen LogP contribution in [-0.2, 0) is 0 Å². The van der Waals surface area contributed by atoms with Gasteiger partial charge in [-0.3, -0.25) is 9.89 Å². The molecule has 3 heterocycles. The van der Waals surface area contributed by atoms with E-state index in [-0.39, 0.29) is 11.5 Å². The molecule has 4 rings (SSSR count). The van der Waals surface area contributed by atoms with Crippen LogP contribution in [0.15, 0.2) is 36.5 Å². The molecule has 0 spiro atoms. The minimum Gasteiger partial charge on any atom is -0.339 e. The molecule has 0 saturated heterocycles. The van der Waals surface area contributed by atoms with Crippen molar-refractivity contribution >= 4 is 22.6 Å². The summed E-state index contributed by atoms with van der Waals surface area (Å²) < 4.78 is 27.1. The summed E-state index contributed by atoms with van der Waals surface area (Å²) in [5.41, 5.74) is 3.63. The lowest BCUT2D eigenvalue weighted by molar-refractivity contribution is 0.102. The van der Waals surface area contributed by atoms with Crippen LogP contribution < -0.4 is 5.32 Å². The molecule has 6 nitrogen and oxygen atoms in total. The number of nitrogens with zero attached hydrogens (tertiary/aromatic N) is 2. The number of nitrogens with one attached hydrogen (secondary N) is 3. The third-order valence-corrected chi connectivity index (χ3v) is 4.42. The zero-order valence-corrected chi connectivity index (χ0v) is 14.5. The van der Waals surface area contributed by atoms with Gasteiger partial charge in [-0.1, -0.05) is 0 Å². The highest BCUT2D eigenvalue weighted by Crippen LogP contribution is 2.27. The van der Waals surface area contributed by atoms with E-state index in [2.05, 4.69) is 25.5 Å². The second kappa shape index (κ2) is 6.31. The monoisotopic (exact) mass is 367 g/mol. The molecule has 8 heteroatoms. The number of pyridine rings is 1. The van der Waals surface area contributed by atoms with Crippen molar-refractivity contribution in [3.63, 3.8) is 0 Å². The molecule has 0 radical (unpaired) electrons. The predicted molar refractivity (Wildman–Crippen MR) is 97.5 cm³/mol. The number of aromatic nitrogens is 4. The molecule has 27 heavy (non-hydrogen) atoms. The summed E-state index contributed by atoms with van der Waals surface area (Å²) in [6.45, 7) is 3.65. The van der Waals surface area contributed by atoms with E-state index in [0.29, 0.717) is 28.1 Å². The van der Waals surface area contributed by atoms with E-state index < -0.39 is 11.6 Å². The zero-order chi connectivity index (χ0) is 19.1. The van der Waals surface area contributed by atoms with Gasteiger partial charge in [0.25, 0.3) is 5.91 Å². The molecule has 136 valence electrons. The van der Waals surface area contributed by atoms with Crippen LogP contribution in [0.3, 0.4) is 0 Å². The molecule has 1 aromatic carbocycles. The molecule has 0 unspecified atom stereocenters. The van der Waals surface area contributed by atoms with Crippen molar-refractivity contribution in [3.05, 3.63) is 65.1 Å². The SMILES string of the molecule is Cc1[nH]nc(C(=O)Nc2cnc3[nH]c(-c4ccc(F)cc4F)cc3c2)c1C. The Hall–Kier alpha value is -3.55. The number of aryl methyl sites for hydroxylation is 1. The van der Waals surface area contributed by atoms with Crippen molar-refractivity contribution in [2.24, 2.45) is 0 Å². The maximum absolute atomic E-state index is 14.0. The van der Waals surface area contributed by atoms with Gasteiger partial charge in [0.05, 0.1) is 17.6 Å². The quantitative estimate of drug-likeness (QED) is 0.509. The molecular formula is C19H15F2N5O. The number of carbonyl (C=O) groups is 1. The van der Waals surface area contributed by atoms with Gasteiger partial charge in [0.1, 0.15) is 17.3 Å². The van der Waals surface area contributed by atoms with E-state index in [1.807, 2.05) is 13.8 Å². The third-order valence-electron chi connectivity index (χ3n) is 4.42. The first kappa shape index (κ1) is 16.9. The first-order valence-corrected chi connectivity index (χ1v) is 8.19. The van der Waals surface area contributed by atoms with Crippen LogP contribution in [0, 0.1) is 25.5 Å². The average Bonchev–Trinajstić information content (AvgIpc) is 3.18. The molecule has 3 aromatic heterocycles. The minimum absolute atomic E-state index is 0.239. The summed E-state index contributed by atoms with van der Waals surface area (Å²) >= 11 is 0. The number of H-pyrrole nitrogens is 2. The Balaban J connectivity index is 1.65. The third kappa shape index (κ3) is 3.05. The Labute approximate surface area is 152 Å². The first-order valence-electron chi connectivity index (χ1n) is 8.19. The smallest absolute Gasteiger partial charge is 0.276 e. The number of carbonyl (C=O) groups excluding carboxylic acids is 1. The summed E-state index contributed by atoms with van der Waals surface area (Å²) in [5.74, 6) is -1.66. The van der Waals surface area contributed by atoms with Gasteiger partial charge in [-0.2, -0.15) is 5.10 Å². The van der Waals surface area contributed by atoms with Crippen LogP contribution in [0.5, 0.6) is 0 Å². The van der Waals surface area contributed by atoms with Gasteiger partial charge in [0.2, 0.25) is 0 Å². The maximum Gasteiger partial charge on any atom is 0.276 e. The summed E-state index contributed by atoms with van der Waals surface area (Å²) in [5, 5.41) is 10.2. The molecular weight excluding hydrogens is 352 g/mol. The number of halogens is 2. The van der Waals surface area contributed by atoms with Crippen molar-refractivity contribution in [2.75, 3.05) is 5.32 Å². The lowest BCUT2D eigenvalue weighted by Gasteiger charge is -2.03. The van der Waals surface area contributed by atoms with Crippen LogP contribution in [0.4, 0.5) is 14.5 Å². The number of amides is 1. The number of fused-ring (bicyclic) bond motifs is 1. The van der Waals surface area contributed by atoms with Gasteiger partial charge >= 0.3 is 0 Å². The fourth-order valence-corrected chi connectivity index (χ4v) is 2.83. The molecule has 0 aliphatic heterocycles. The Kier molecular flexibility index (Phi) is 3.95. The van der Waals surface area contributed by atoms with Crippen molar-refractivity contribution < 1.29 is 13.6 Å². The highest BCUT2D eigenvalue weighted by atomic mass is 19.1. The van der Waals surface area contributed by atoms with Gasteiger partial charge in [0.15, 0.2) is 5.69 Å². The average molecular weight is 367 g/mol. The molecule has 0 saturated carbocycles. The number of rotatable bonds is 3. The zero-order valence-electron chi connectivity index (χ0n) is 14.5. The fourth-order valence-electron chi connectivity index (χ4n) is 2.83. The summed E-state index contributed by atoms with van der Waals surface area (Å²) in [6, 6.07) is 6.79. The standard InChI is InChI=1S/C19H15F2N5O/c1-9-10(2)25-26-17(9)19(27)23-13-5-11-6-16(24-18(11)22-8-13)14-4-3-12(20)7-15(14)21/h3-8H,1-2H3,(H,22,24)(H,23,27)(H,25,26). The van der Waals surface area contributed by atoms with Crippen molar-refractivity contribution in [1.29, 1.82) is 0 Å². The Bertz CT molecular complexity index is 1180. The highest BCUT2D eigenvalue weighted by molar-refractivity contribution is 6.04. The minimum atomic E-state index is -0.667. The van der Waals surface area contributed by atoms with Gasteiger partial charge < -0.3 is 10.3 Å². The molecule has 1 amide bonds. The van der Waals surface area contributed by atoms with Crippen LogP contribution in [0.25, 0.3) is 22.3 Å². The number of hydrogen-bond donors (Lipinski definition) is 3. The highest BCUT2D eigenvalue weighted by Gasteiger charge is 2.15. The van der Waals surface area contributed by atoms with Gasteiger partial charge in [-0.15, -0.1) is 0 Å². The van der Waals surface area contributed by atoms with Crippen LogP contribution in [-0.4, -0.2) is 26.1 Å².